The van der Waals surface area contributed by atoms with E-state index in [0.717, 1.165) is 16.8 Å². The highest BCUT2D eigenvalue weighted by molar-refractivity contribution is 6.36. The second kappa shape index (κ2) is 9.13. The molecule has 0 aromatic carbocycles. The number of halogens is 4. The third-order valence-electron chi connectivity index (χ3n) is 5.93. The van der Waals surface area contributed by atoms with E-state index < -0.39 is 17.3 Å². The van der Waals surface area contributed by atoms with Crippen LogP contribution in [-0.4, -0.2) is 33.7 Å². The lowest BCUT2D eigenvalue weighted by atomic mass is 10.2. The minimum absolute atomic E-state index is 0.0432. The lowest BCUT2D eigenvalue weighted by Crippen LogP contribution is -2.24. The second-order valence-corrected chi connectivity index (χ2v) is 8.77. The normalized spacial score (nSPS) is 11.8. The summed E-state index contributed by atoms with van der Waals surface area (Å²) in [5, 5.41) is 7.10. The second-order valence-electron chi connectivity index (χ2n) is 8.40. The molecule has 0 bridgehead atoms. The lowest BCUT2D eigenvalue weighted by Gasteiger charge is -2.14. The van der Waals surface area contributed by atoms with Crippen molar-refractivity contribution in [2.24, 2.45) is 7.05 Å². The van der Waals surface area contributed by atoms with Crippen molar-refractivity contribution in [3.05, 3.63) is 94.5 Å². The molecule has 0 aliphatic rings. The van der Waals surface area contributed by atoms with Gasteiger partial charge in [0.25, 0.3) is 5.56 Å². The molecule has 0 aliphatic carbocycles. The number of rotatable bonds is 5. The lowest BCUT2D eigenvalue weighted by molar-refractivity contribution is -0.137. The van der Waals surface area contributed by atoms with Gasteiger partial charge in [-0.3, -0.25) is 14.3 Å². The maximum absolute atomic E-state index is 13.7. The van der Waals surface area contributed by atoms with Crippen molar-refractivity contribution >= 4 is 39.9 Å². The molecule has 1 N–H and O–H groups in total. The van der Waals surface area contributed by atoms with Crippen LogP contribution in [-0.2, 0) is 13.2 Å². The predicted molar refractivity (Wildman–Crippen MR) is 137 cm³/mol. The number of aryl methyl sites for hydroxylation is 1. The number of nitrogens with zero attached hydrogens (tertiary/aromatic N) is 7. The van der Waals surface area contributed by atoms with Crippen LogP contribution in [0.3, 0.4) is 0 Å². The van der Waals surface area contributed by atoms with E-state index in [9.17, 15) is 18.0 Å². The fourth-order valence-electron chi connectivity index (χ4n) is 4.04. The Morgan fingerprint density at radius 1 is 1.08 bits per heavy atom. The van der Waals surface area contributed by atoms with Crippen molar-refractivity contribution in [3.8, 4) is 17.2 Å². The van der Waals surface area contributed by atoms with Crippen LogP contribution in [0.4, 0.5) is 24.8 Å². The third kappa shape index (κ3) is 4.32. The average Bonchev–Trinajstić information content (AvgIpc) is 3.47. The Morgan fingerprint density at radius 3 is 2.69 bits per heavy atom. The van der Waals surface area contributed by atoms with E-state index in [1.165, 1.54) is 41.5 Å². The highest BCUT2D eigenvalue weighted by Gasteiger charge is 2.33. The van der Waals surface area contributed by atoms with Crippen molar-refractivity contribution in [1.82, 2.24) is 33.7 Å². The highest BCUT2D eigenvalue weighted by Crippen LogP contribution is 2.37. The van der Waals surface area contributed by atoms with E-state index in [0.29, 0.717) is 16.8 Å². The first-order chi connectivity index (χ1) is 18.7. The predicted octanol–water partition coefficient (Wildman–Crippen LogP) is 5.37. The fourth-order valence-corrected chi connectivity index (χ4v) is 4.34. The zero-order valence-electron chi connectivity index (χ0n) is 19.9. The van der Waals surface area contributed by atoms with Crippen molar-refractivity contribution in [2.45, 2.75) is 6.18 Å². The Balaban J connectivity index is 1.41. The van der Waals surface area contributed by atoms with Gasteiger partial charge in [0.2, 0.25) is 5.95 Å². The molecule has 0 radical (unpaired) electrons. The van der Waals surface area contributed by atoms with Gasteiger partial charge in [-0.2, -0.15) is 23.3 Å². The van der Waals surface area contributed by atoms with Gasteiger partial charge in [-0.05, 0) is 30.3 Å². The first kappa shape index (κ1) is 24.4. The summed E-state index contributed by atoms with van der Waals surface area (Å²) in [6, 6.07) is 9.20. The standard InChI is InChI=1S/C25H16ClF3N8O2/c1-35-21-20(26)19(39-18-12-32-37-8-3-2-6-17(18)37)11-31-22(21)34-24(35)33-16-9-14(25(27,28)29)13-36(23(16)38)15-5-4-7-30-10-15/h2-13H,1H3,(H,31,33,34). The molecular weight excluding hydrogens is 537 g/mol. The van der Waals surface area contributed by atoms with E-state index in [1.54, 1.807) is 17.8 Å². The van der Waals surface area contributed by atoms with Gasteiger partial charge in [0.05, 0.1) is 29.8 Å². The van der Waals surface area contributed by atoms with Crippen LogP contribution in [0.25, 0.3) is 22.4 Å². The van der Waals surface area contributed by atoms with Crippen LogP contribution >= 0.6 is 11.6 Å². The molecule has 0 aliphatic heterocycles. The quantitative estimate of drug-likeness (QED) is 0.306. The minimum Gasteiger partial charge on any atom is -0.450 e. The summed E-state index contributed by atoms with van der Waals surface area (Å²) < 4.78 is 51.1. The van der Waals surface area contributed by atoms with Gasteiger partial charge in [0.15, 0.2) is 17.1 Å². The van der Waals surface area contributed by atoms with Crippen molar-refractivity contribution in [1.29, 1.82) is 0 Å². The first-order valence-electron chi connectivity index (χ1n) is 11.3. The van der Waals surface area contributed by atoms with Crippen LogP contribution in [0, 0.1) is 0 Å². The molecule has 0 atom stereocenters. The summed E-state index contributed by atoms with van der Waals surface area (Å²) in [6.45, 7) is 0. The summed E-state index contributed by atoms with van der Waals surface area (Å²) in [5.41, 5.74) is -0.724. The third-order valence-corrected chi connectivity index (χ3v) is 6.30. The number of ether oxygens (including phenoxy) is 1. The van der Waals surface area contributed by atoms with E-state index in [-0.39, 0.29) is 33.7 Å². The summed E-state index contributed by atoms with van der Waals surface area (Å²) in [6.07, 6.45) is 3.43. The Morgan fingerprint density at radius 2 is 1.92 bits per heavy atom. The van der Waals surface area contributed by atoms with Crippen molar-refractivity contribution in [3.63, 3.8) is 0 Å². The molecular formula is C25H16ClF3N8O2. The molecule has 6 aromatic rings. The van der Waals surface area contributed by atoms with Crippen LogP contribution in [0.15, 0.2) is 78.4 Å². The fraction of sp³-hybridized carbons (Fsp3) is 0.0800. The van der Waals surface area contributed by atoms with E-state index in [1.807, 2.05) is 18.2 Å². The number of alkyl halides is 3. The van der Waals surface area contributed by atoms with Crippen LogP contribution in [0.1, 0.15) is 5.56 Å². The number of fused-ring (bicyclic) bond motifs is 2. The van der Waals surface area contributed by atoms with Gasteiger partial charge >= 0.3 is 6.18 Å². The number of imidazole rings is 1. The van der Waals surface area contributed by atoms with E-state index in [2.05, 4.69) is 25.4 Å². The van der Waals surface area contributed by atoms with Gasteiger partial charge < -0.3 is 14.6 Å². The summed E-state index contributed by atoms with van der Waals surface area (Å²) in [7, 11) is 1.58. The van der Waals surface area contributed by atoms with Crippen LogP contribution < -0.4 is 15.6 Å². The summed E-state index contributed by atoms with van der Waals surface area (Å²) in [5.74, 6) is 0.705. The Hall–Kier alpha value is -4.91. The monoisotopic (exact) mass is 552 g/mol. The number of pyridine rings is 4. The zero-order valence-corrected chi connectivity index (χ0v) is 20.6. The molecule has 0 amide bonds. The number of hydrogen-bond acceptors (Lipinski definition) is 7. The van der Waals surface area contributed by atoms with E-state index >= 15 is 0 Å². The van der Waals surface area contributed by atoms with Crippen molar-refractivity contribution in [2.75, 3.05) is 5.32 Å². The molecule has 6 rings (SSSR count). The van der Waals surface area contributed by atoms with Gasteiger partial charge in [-0.25, -0.2) is 9.50 Å². The largest absolute Gasteiger partial charge is 0.450 e. The van der Waals surface area contributed by atoms with E-state index in [4.69, 9.17) is 16.3 Å². The molecule has 0 saturated heterocycles. The first-order valence-corrected chi connectivity index (χ1v) is 11.7. The van der Waals surface area contributed by atoms with Gasteiger partial charge in [-0.15, -0.1) is 0 Å². The van der Waals surface area contributed by atoms with Gasteiger partial charge in [-0.1, -0.05) is 17.7 Å². The molecule has 39 heavy (non-hydrogen) atoms. The molecule has 6 aromatic heterocycles. The molecule has 10 nitrogen and oxygen atoms in total. The highest BCUT2D eigenvalue weighted by atomic mass is 35.5. The number of aromatic nitrogens is 7. The SMILES string of the molecule is Cn1c(Nc2cc(C(F)(F)F)cn(-c3cccnc3)c2=O)nc2ncc(Oc3cnn4ccccc34)c(Cl)c21. The van der Waals surface area contributed by atoms with Gasteiger partial charge in [0, 0.05) is 25.6 Å². The van der Waals surface area contributed by atoms with Gasteiger partial charge in [0.1, 0.15) is 21.7 Å². The molecule has 6 heterocycles. The molecule has 14 heteroatoms. The maximum atomic E-state index is 13.7. The smallest absolute Gasteiger partial charge is 0.417 e. The summed E-state index contributed by atoms with van der Waals surface area (Å²) >= 11 is 6.65. The van der Waals surface area contributed by atoms with Crippen LogP contribution in [0.2, 0.25) is 5.02 Å². The average molecular weight is 553 g/mol. The summed E-state index contributed by atoms with van der Waals surface area (Å²) in [4.78, 5) is 25.7. The number of hydrogen-bond donors (Lipinski definition) is 1. The topological polar surface area (TPSA) is 104 Å². The Kier molecular flexibility index (Phi) is 5.72. The molecule has 0 spiro atoms. The number of nitrogens with one attached hydrogen (secondary N) is 1. The number of anilines is 2. The molecule has 0 unspecified atom stereocenters. The molecule has 196 valence electrons. The Bertz CT molecular complexity index is 1910. The minimum atomic E-state index is -4.71. The maximum Gasteiger partial charge on any atom is 0.417 e. The van der Waals surface area contributed by atoms with Crippen molar-refractivity contribution < 1.29 is 17.9 Å². The Labute approximate surface area is 221 Å². The zero-order chi connectivity index (χ0) is 27.3. The van der Waals surface area contributed by atoms with Crippen LogP contribution in [0.5, 0.6) is 11.5 Å². The molecule has 0 fully saturated rings. The molecule has 0 saturated carbocycles.